The zero-order valence-corrected chi connectivity index (χ0v) is 16.8. The van der Waals surface area contributed by atoms with Crippen molar-refractivity contribution in [2.75, 3.05) is 33.9 Å². The molecule has 0 saturated heterocycles. The first-order valence-corrected chi connectivity index (χ1v) is 9.73. The van der Waals surface area contributed by atoms with E-state index in [9.17, 15) is 0 Å². The Kier molecular flexibility index (Phi) is 6.21. The number of guanidine groups is 1. The molecule has 1 aromatic heterocycles. The molecule has 2 heterocycles. The van der Waals surface area contributed by atoms with Crippen LogP contribution in [0, 0.1) is 6.92 Å². The Morgan fingerprint density at radius 1 is 1.38 bits per heavy atom. The molecule has 1 aromatic carbocycles. The van der Waals surface area contributed by atoms with Gasteiger partial charge >= 0.3 is 0 Å². The number of aliphatic imine (C=N–C) groups is 1. The van der Waals surface area contributed by atoms with Crippen molar-refractivity contribution in [2.45, 2.75) is 19.9 Å². The van der Waals surface area contributed by atoms with Crippen LogP contribution in [0.1, 0.15) is 16.3 Å². The number of aryl methyl sites for hydroxylation is 1. The molecule has 0 unspecified atom stereocenters. The first-order valence-electron chi connectivity index (χ1n) is 8.47. The molecule has 0 bridgehead atoms. The molecule has 6 nitrogen and oxygen atoms in total. The predicted octanol–water partition coefficient (Wildman–Crippen LogP) is 3.13. The van der Waals surface area contributed by atoms with Crippen molar-refractivity contribution in [2.24, 2.45) is 4.99 Å². The number of hydrogen-bond donors (Lipinski definition) is 1. The number of thiazole rings is 1. The number of nitrogens with zero attached hydrogens (tertiary/aromatic N) is 3. The lowest BCUT2D eigenvalue weighted by Crippen LogP contribution is -2.39. The average molecular weight is 395 g/mol. The molecule has 0 amide bonds. The van der Waals surface area contributed by atoms with Crippen LogP contribution in [0.4, 0.5) is 0 Å². The lowest BCUT2D eigenvalue weighted by atomic mass is 10.1. The molecule has 26 heavy (non-hydrogen) atoms. The molecule has 0 spiro atoms. The molecule has 0 radical (unpaired) electrons. The van der Waals surface area contributed by atoms with E-state index in [4.69, 9.17) is 21.1 Å². The monoisotopic (exact) mass is 394 g/mol. The third-order valence-corrected chi connectivity index (χ3v) is 5.10. The zero-order valence-electron chi connectivity index (χ0n) is 15.2. The third-order valence-electron chi connectivity index (χ3n) is 3.99. The van der Waals surface area contributed by atoms with Crippen LogP contribution in [0.5, 0.6) is 11.5 Å². The molecule has 2 aromatic rings. The molecule has 3 rings (SSSR count). The first kappa shape index (κ1) is 18.8. The van der Waals surface area contributed by atoms with Crippen LogP contribution in [-0.2, 0) is 13.0 Å². The smallest absolute Gasteiger partial charge is 0.193 e. The van der Waals surface area contributed by atoms with Gasteiger partial charge in [-0.1, -0.05) is 11.6 Å². The van der Waals surface area contributed by atoms with Crippen LogP contribution in [-0.4, -0.2) is 49.7 Å². The van der Waals surface area contributed by atoms with Gasteiger partial charge in [-0.3, -0.25) is 4.99 Å². The van der Waals surface area contributed by atoms with Gasteiger partial charge in [0.1, 0.15) is 13.2 Å². The maximum Gasteiger partial charge on any atom is 0.193 e. The van der Waals surface area contributed by atoms with Crippen LogP contribution >= 0.6 is 22.9 Å². The number of hydrogen-bond acceptors (Lipinski definition) is 5. The standard InChI is InChI=1S/C18H23ClN4O2S/c1-12-22-14(11-26-12)10-23(3)18(20-2)21-5-4-13-8-15(19)17-16(9-13)24-6-7-25-17/h8-9,11H,4-7,10H2,1-3H3,(H,20,21). The number of halogens is 1. The SMILES string of the molecule is CN=C(NCCc1cc(Cl)c2c(c1)OCCO2)N(C)Cc1csc(C)n1. The lowest BCUT2D eigenvalue weighted by molar-refractivity contribution is 0.171. The van der Waals surface area contributed by atoms with Gasteiger partial charge < -0.3 is 19.7 Å². The maximum atomic E-state index is 6.30. The summed E-state index contributed by atoms with van der Waals surface area (Å²) < 4.78 is 11.2. The maximum absolute atomic E-state index is 6.30. The Morgan fingerprint density at radius 2 is 2.19 bits per heavy atom. The van der Waals surface area contributed by atoms with E-state index in [1.807, 2.05) is 26.1 Å². The van der Waals surface area contributed by atoms with Crippen molar-refractivity contribution >= 4 is 28.9 Å². The first-order chi connectivity index (χ1) is 12.6. The Bertz CT molecular complexity index is 793. The molecule has 0 saturated carbocycles. The van der Waals surface area contributed by atoms with Crippen molar-refractivity contribution in [3.63, 3.8) is 0 Å². The minimum atomic E-state index is 0.537. The molecule has 0 fully saturated rings. The summed E-state index contributed by atoms with van der Waals surface area (Å²) in [5, 5.41) is 7.13. The lowest BCUT2D eigenvalue weighted by Gasteiger charge is -2.22. The minimum absolute atomic E-state index is 0.537. The third kappa shape index (κ3) is 4.59. The van der Waals surface area contributed by atoms with Crippen molar-refractivity contribution in [3.05, 3.63) is 38.8 Å². The molecular formula is C18H23ClN4O2S. The summed E-state index contributed by atoms with van der Waals surface area (Å²) in [5.41, 5.74) is 2.15. The highest BCUT2D eigenvalue weighted by Crippen LogP contribution is 2.38. The van der Waals surface area contributed by atoms with Crippen LogP contribution < -0.4 is 14.8 Å². The fourth-order valence-corrected chi connectivity index (χ4v) is 3.70. The number of nitrogens with one attached hydrogen (secondary N) is 1. The highest BCUT2D eigenvalue weighted by atomic mass is 35.5. The van der Waals surface area contributed by atoms with Crippen molar-refractivity contribution < 1.29 is 9.47 Å². The fourth-order valence-electron chi connectivity index (χ4n) is 2.81. The van der Waals surface area contributed by atoms with E-state index in [1.54, 1.807) is 18.4 Å². The van der Waals surface area contributed by atoms with Crippen molar-refractivity contribution in [1.82, 2.24) is 15.2 Å². The highest BCUT2D eigenvalue weighted by molar-refractivity contribution is 7.09. The van der Waals surface area contributed by atoms with Gasteiger partial charge in [0.25, 0.3) is 0 Å². The summed E-state index contributed by atoms with van der Waals surface area (Å²) in [6, 6.07) is 3.92. The van der Waals surface area contributed by atoms with E-state index >= 15 is 0 Å². The summed E-state index contributed by atoms with van der Waals surface area (Å²) in [6.07, 6.45) is 0.805. The van der Waals surface area contributed by atoms with E-state index in [-0.39, 0.29) is 0 Å². The second kappa shape index (κ2) is 8.60. The summed E-state index contributed by atoms with van der Waals surface area (Å²) in [4.78, 5) is 10.9. The van der Waals surface area contributed by atoms with Gasteiger partial charge in [0.2, 0.25) is 0 Å². The Morgan fingerprint density at radius 3 is 2.92 bits per heavy atom. The van der Waals surface area contributed by atoms with E-state index in [0.717, 1.165) is 47.5 Å². The summed E-state index contributed by atoms with van der Waals surface area (Å²) >= 11 is 7.96. The Labute approximate surface area is 162 Å². The van der Waals surface area contributed by atoms with Gasteiger partial charge in [-0.05, 0) is 31.0 Å². The zero-order chi connectivity index (χ0) is 18.5. The minimum Gasteiger partial charge on any atom is -0.486 e. The number of ether oxygens (including phenoxy) is 2. The van der Waals surface area contributed by atoms with Crippen LogP contribution in [0.2, 0.25) is 5.02 Å². The van der Waals surface area contributed by atoms with Gasteiger partial charge in [-0.25, -0.2) is 4.98 Å². The normalized spacial score (nSPS) is 13.6. The number of fused-ring (bicyclic) bond motifs is 1. The van der Waals surface area contributed by atoms with Crippen LogP contribution in [0.15, 0.2) is 22.5 Å². The molecular weight excluding hydrogens is 372 g/mol. The molecule has 1 aliphatic heterocycles. The summed E-state index contributed by atoms with van der Waals surface area (Å²) in [6.45, 7) is 4.57. The van der Waals surface area contributed by atoms with Crippen LogP contribution in [0.25, 0.3) is 0 Å². The quantitative estimate of drug-likeness (QED) is 0.623. The summed E-state index contributed by atoms with van der Waals surface area (Å²) in [7, 11) is 3.79. The van der Waals surface area contributed by atoms with Gasteiger partial charge in [-0.15, -0.1) is 11.3 Å². The molecule has 8 heteroatoms. The van der Waals surface area contributed by atoms with Gasteiger partial charge in [0.15, 0.2) is 17.5 Å². The summed E-state index contributed by atoms with van der Waals surface area (Å²) in [5.74, 6) is 2.20. The number of benzene rings is 1. The second-order valence-corrected chi connectivity index (χ2v) is 7.51. The Hall–Kier alpha value is -1.99. The molecule has 0 aliphatic carbocycles. The topological polar surface area (TPSA) is 59.0 Å². The molecule has 0 atom stereocenters. The number of rotatable bonds is 5. The highest BCUT2D eigenvalue weighted by Gasteiger charge is 2.16. The van der Waals surface area contributed by atoms with Gasteiger partial charge in [-0.2, -0.15) is 0 Å². The fraction of sp³-hybridized carbons (Fsp3) is 0.444. The van der Waals surface area contributed by atoms with Gasteiger partial charge in [0, 0.05) is 26.0 Å². The second-order valence-electron chi connectivity index (χ2n) is 6.04. The average Bonchev–Trinajstić information content (AvgIpc) is 3.03. The van der Waals surface area contributed by atoms with E-state index in [2.05, 4.69) is 25.6 Å². The van der Waals surface area contributed by atoms with E-state index in [0.29, 0.717) is 24.0 Å². The predicted molar refractivity (Wildman–Crippen MR) is 106 cm³/mol. The Balaban J connectivity index is 1.55. The molecule has 1 aliphatic rings. The van der Waals surface area contributed by atoms with Gasteiger partial charge in [0.05, 0.1) is 22.3 Å². The van der Waals surface area contributed by atoms with E-state index < -0.39 is 0 Å². The molecule has 140 valence electrons. The van der Waals surface area contributed by atoms with Crippen LogP contribution in [0.3, 0.4) is 0 Å². The number of aromatic nitrogens is 1. The van der Waals surface area contributed by atoms with Crippen molar-refractivity contribution in [1.29, 1.82) is 0 Å². The van der Waals surface area contributed by atoms with E-state index in [1.165, 1.54) is 0 Å². The molecule has 1 N–H and O–H groups in total. The van der Waals surface area contributed by atoms with Crippen molar-refractivity contribution in [3.8, 4) is 11.5 Å². The largest absolute Gasteiger partial charge is 0.486 e.